The van der Waals surface area contributed by atoms with Crippen LogP contribution in [0.25, 0.3) is 0 Å². The number of methoxy groups -OCH3 is 1. The van der Waals surface area contributed by atoms with Gasteiger partial charge < -0.3 is 34.9 Å². The number of amides is 2. The van der Waals surface area contributed by atoms with Gasteiger partial charge in [-0.2, -0.15) is 0 Å². The Morgan fingerprint density at radius 1 is 0.898 bits per heavy atom. The van der Waals surface area contributed by atoms with Gasteiger partial charge in [-0.05, 0) is 41.4 Å². The quantitative estimate of drug-likeness (QED) is 0.159. The summed E-state index contributed by atoms with van der Waals surface area (Å²) in [5.74, 6) is -0.447. The van der Waals surface area contributed by atoms with Gasteiger partial charge in [0.1, 0.15) is 6.04 Å². The number of benzene rings is 3. The molecule has 0 bridgehead atoms. The molecule has 3 N–H and O–H groups in total. The molecule has 4 aromatic rings. The van der Waals surface area contributed by atoms with Crippen LogP contribution in [0.15, 0.2) is 103 Å². The minimum Gasteiger partial charge on any atom is -0.467 e. The van der Waals surface area contributed by atoms with Crippen molar-refractivity contribution in [3.05, 3.63) is 137 Å². The lowest BCUT2D eigenvalue weighted by Gasteiger charge is -2.42. The van der Waals surface area contributed by atoms with E-state index in [0.717, 1.165) is 46.5 Å². The molecule has 10 nitrogen and oxygen atoms in total. The first-order valence-electron chi connectivity index (χ1n) is 16.7. The Balaban J connectivity index is 1.23. The Kier molecular flexibility index (Phi) is 12.9. The number of hydrogen-bond acceptors (Lipinski definition) is 8. The molecule has 5 unspecified atom stereocenters. The van der Waals surface area contributed by atoms with Crippen molar-refractivity contribution in [2.75, 3.05) is 27.2 Å². The Bertz CT molecular complexity index is 1600. The largest absolute Gasteiger partial charge is 0.467 e. The van der Waals surface area contributed by atoms with E-state index in [2.05, 4.69) is 34.5 Å². The van der Waals surface area contributed by atoms with Gasteiger partial charge in [-0.3, -0.25) is 4.98 Å². The second-order valence-electron chi connectivity index (χ2n) is 12.5. The number of carbonyl (C=O) groups is 2. The van der Waals surface area contributed by atoms with Crippen LogP contribution in [0.5, 0.6) is 0 Å². The molecular formula is C39H46N4O6. The molecule has 258 valence electrons. The van der Waals surface area contributed by atoms with Crippen molar-refractivity contribution in [2.45, 2.75) is 57.5 Å². The van der Waals surface area contributed by atoms with E-state index in [9.17, 15) is 14.7 Å². The zero-order chi connectivity index (χ0) is 34.6. The summed E-state index contributed by atoms with van der Waals surface area (Å²) in [5, 5.41) is 15.1. The average molecular weight is 667 g/mol. The number of likely N-dealkylation sites (N-methyl/N-ethyl adjacent to an activating group) is 1. The van der Waals surface area contributed by atoms with E-state index in [4.69, 9.17) is 14.2 Å². The third-order valence-corrected chi connectivity index (χ3v) is 8.87. The molecule has 5 rings (SSSR count). The number of ether oxygens (including phenoxy) is 3. The normalized spacial score (nSPS) is 19.6. The standard InChI is InChI=1S/C39H46N4O6/c1-27-35(25-43(2)22-20-33-11-7-8-21-40-33)48-38(49-36(27)31-16-14-30(26-44)15-17-31)32-18-12-29(13-19-32)24-41-39(46)42-34(37(45)47-3)23-28-9-5-4-6-10-28/h4-19,21,27,34-36,38,44H,20,22-26H2,1-3H3,(H2,41,42,46). The maximum absolute atomic E-state index is 12.8. The molecule has 49 heavy (non-hydrogen) atoms. The van der Waals surface area contributed by atoms with Gasteiger partial charge in [-0.25, -0.2) is 9.59 Å². The van der Waals surface area contributed by atoms with Crippen molar-refractivity contribution in [3.63, 3.8) is 0 Å². The first-order chi connectivity index (χ1) is 23.8. The van der Waals surface area contributed by atoms with Crippen LogP contribution >= 0.6 is 0 Å². The molecular weight excluding hydrogens is 620 g/mol. The van der Waals surface area contributed by atoms with Crippen LogP contribution in [0.3, 0.4) is 0 Å². The molecule has 0 spiro atoms. The molecule has 0 radical (unpaired) electrons. The number of rotatable bonds is 14. The highest BCUT2D eigenvalue weighted by Gasteiger charge is 2.38. The number of aromatic nitrogens is 1. The fourth-order valence-electron chi connectivity index (χ4n) is 5.95. The molecule has 10 heteroatoms. The van der Waals surface area contributed by atoms with Crippen molar-refractivity contribution in [1.82, 2.24) is 20.5 Å². The fraction of sp³-hybridized carbons (Fsp3) is 0.359. The van der Waals surface area contributed by atoms with E-state index >= 15 is 0 Å². The van der Waals surface area contributed by atoms with Gasteiger partial charge in [0, 0.05) is 55.8 Å². The molecule has 0 saturated carbocycles. The molecule has 1 saturated heterocycles. The van der Waals surface area contributed by atoms with E-state index in [1.165, 1.54) is 7.11 Å². The van der Waals surface area contributed by atoms with Gasteiger partial charge >= 0.3 is 12.0 Å². The van der Waals surface area contributed by atoms with Crippen LogP contribution in [-0.2, 0) is 45.0 Å². The summed E-state index contributed by atoms with van der Waals surface area (Å²) in [5.41, 5.74) is 5.59. The van der Waals surface area contributed by atoms with E-state index in [1.807, 2.05) is 103 Å². The average Bonchev–Trinajstić information content (AvgIpc) is 3.14. The van der Waals surface area contributed by atoms with Crippen LogP contribution in [0.2, 0.25) is 0 Å². The number of aliphatic hydroxyl groups excluding tert-OH is 1. The molecule has 5 atom stereocenters. The lowest BCUT2D eigenvalue weighted by Crippen LogP contribution is -2.47. The molecule has 1 aliphatic rings. The molecule has 3 aromatic carbocycles. The highest BCUT2D eigenvalue weighted by Crippen LogP contribution is 2.41. The van der Waals surface area contributed by atoms with E-state index in [1.54, 1.807) is 0 Å². The highest BCUT2D eigenvalue weighted by atomic mass is 16.7. The summed E-state index contributed by atoms with van der Waals surface area (Å²) in [6, 6.07) is 29.8. The van der Waals surface area contributed by atoms with Crippen molar-refractivity contribution >= 4 is 12.0 Å². The van der Waals surface area contributed by atoms with Gasteiger partial charge in [0.05, 0.1) is 25.9 Å². The highest BCUT2D eigenvalue weighted by molar-refractivity contribution is 5.83. The van der Waals surface area contributed by atoms with Crippen LogP contribution in [0, 0.1) is 5.92 Å². The van der Waals surface area contributed by atoms with Gasteiger partial charge in [-0.1, -0.05) is 91.9 Å². The molecule has 2 heterocycles. The lowest BCUT2D eigenvalue weighted by atomic mass is 9.90. The van der Waals surface area contributed by atoms with Crippen LogP contribution in [-0.4, -0.2) is 66.4 Å². The van der Waals surface area contributed by atoms with Crippen molar-refractivity contribution in [2.24, 2.45) is 5.92 Å². The monoisotopic (exact) mass is 666 g/mol. The van der Waals surface area contributed by atoms with Crippen molar-refractivity contribution in [1.29, 1.82) is 0 Å². The second-order valence-corrected chi connectivity index (χ2v) is 12.5. The summed E-state index contributed by atoms with van der Waals surface area (Å²) in [4.78, 5) is 31.8. The minimum atomic E-state index is -0.812. The molecule has 1 aliphatic heterocycles. The molecule has 1 aromatic heterocycles. The third-order valence-electron chi connectivity index (χ3n) is 8.87. The first-order valence-corrected chi connectivity index (χ1v) is 16.7. The number of aliphatic hydroxyl groups is 1. The summed E-state index contributed by atoms with van der Waals surface area (Å²) < 4.78 is 18.1. The minimum absolute atomic E-state index is 0.0147. The van der Waals surface area contributed by atoms with Crippen molar-refractivity contribution in [3.8, 4) is 0 Å². The van der Waals surface area contributed by atoms with E-state index in [0.29, 0.717) is 13.0 Å². The van der Waals surface area contributed by atoms with Crippen LogP contribution < -0.4 is 10.6 Å². The fourth-order valence-corrected chi connectivity index (χ4v) is 5.95. The van der Waals surface area contributed by atoms with E-state index < -0.39 is 24.3 Å². The number of pyridine rings is 1. The maximum Gasteiger partial charge on any atom is 0.328 e. The third kappa shape index (κ3) is 10.2. The van der Waals surface area contributed by atoms with E-state index in [-0.39, 0.29) is 31.3 Å². The first kappa shape index (κ1) is 35.7. The number of hydrogen-bond donors (Lipinski definition) is 3. The molecule has 1 fully saturated rings. The number of carbonyl (C=O) groups excluding carboxylic acids is 2. The Morgan fingerprint density at radius 2 is 1.59 bits per heavy atom. The predicted molar refractivity (Wildman–Crippen MR) is 186 cm³/mol. The molecule has 2 amide bonds. The van der Waals surface area contributed by atoms with Gasteiger partial charge in [0.15, 0.2) is 6.29 Å². The number of nitrogens with zero attached hydrogens (tertiary/aromatic N) is 2. The van der Waals surface area contributed by atoms with Gasteiger partial charge in [0.25, 0.3) is 0 Å². The van der Waals surface area contributed by atoms with Crippen LogP contribution in [0.4, 0.5) is 4.79 Å². The van der Waals surface area contributed by atoms with Crippen molar-refractivity contribution < 1.29 is 28.9 Å². The lowest BCUT2D eigenvalue weighted by molar-refractivity contribution is -0.275. The number of urea groups is 1. The smallest absolute Gasteiger partial charge is 0.328 e. The maximum atomic E-state index is 12.8. The molecule has 0 aliphatic carbocycles. The Hall–Kier alpha value is -4.61. The SMILES string of the molecule is COC(=O)C(Cc1ccccc1)NC(=O)NCc1ccc(C2OC(CN(C)CCc3ccccn3)C(C)C(c3ccc(CO)cc3)O2)cc1. The van der Waals surface area contributed by atoms with Gasteiger partial charge in [-0.15, -0.1) is 0 Å². The summed E-state index contributed by atoms with van der Waals surface area (Å²) >= 11 is 0. The predicted octanol–water partition coefficient (Wildman–Crippen LogP) is 5.12. The second kappa shape index (κ2) is 17.7. The topological polar surface area (TPSA) is 122 Å². The summed E-state index contributed by atoms with van der Waals surface area (Å²) in [6.07, 6.45) is 2.05. The Morgan fingerprint density at radius 3 is 2.27 bits per heavy atom. The Labute approximate surface area is 288 Å². The number of esters is 1. The van der Waals surface area contributed by atoms with Gasteiger partial charge in [0.2, 0.25) is 0 Å². The zero-order valence-electron chi connectivity index (χ0n) is 28.3. The zero-order valence-corrected chi connectivity index (χ0v) is 28.3. The number of nitrogens with one attached hydrogen (secondary N) is 2. The summed E-state index contributed by atoms with van der Waals surface area (Å²) in [6.45, 7) is 3.96. The summed E-state index contributed by atoms with van der Waals surface area (Å²) in [7, 11) is 3.41. The van der Waals surface area contributed by atoms with Crippen LogP contribution in [0.1, 0.15) is 52.8 Å².